The summed E-state index contributed by atoms with van der Waals surface area (Å²) < 4.78 is 16.1. The van der Waals surface area contributed by atoms with Gasteiger partial charge in [-0.3, -0.25) is 9.45 Å². The highest BCUT2D eigenvalue weighted by atomic mass is 28.4. The van der Waals surface area contributed by atoms with Crippen molar-refractivity contribution in [2.24, 2.45) is 4.66 Å². The van der Waals surface area contributed by atoms with Gasteiger partial charge < -0.3 is 8.85 Å². The van der Waals surface area contributed by atoms with Crippen molar-refractivity contribution < 1.29 is 13.6 Å². The minimum Gasteiger partial charge on any atom is -0.535 e. The minimum absolute atomic E-state index is 0.165. The Balaban J connectivity index is 4.89. The van der Waals surface area contributed by atoms with Crippen LogP contribution in [-0.4, -0.2) is 36.7 Å². The first-order valence-corrected chi connectivity index (χ1v) is 16.9. The van der Waals surface area contributed by atoms with E-state index in [9.17, 15) is 4.79 Å². The largest absolute Gasteiger partial charge is 0.535 e. The Hall–Kier alpha value is -0.409. The maximum Gasteiger partial charge on any atom is 0.301 e. The van der Waals surface area contributed by atoms with Gasteiger partial charge in [0.05, 0.1) is 0 Å². The van der Waals surface area contributed by atoms with Gasteiger partial charge in [0.1, 0.15) is 6.42 Å². The highest BCUT2D eigenvalue weighted by molar-refractivity contribution is 6.76. The molecule has 0 saturated carbocycles. The number of carbonyl (C=O) groups excluding carboxylic acids is 1. The Labute approximate surface area is 121 Å². The molecule has 7 heteroatoms. The molecule has 112 valence electrons. The molecule has 0 fully saturated rings. The van der Waals surface area contributed by atoms with Gasteiger partial charge >= 0.3 is 5.97 Å². The summed E-state index contributed by atoms with van der Waals surface area (Å²) in [5.41, 5.74) is 0. The quantitative estimate of drug-likeness (QED) is 0.439. The monoisotopic (exact) mass is 319 g/mol. The van der Waals surface area contributed by atoms with Crippen molar-refractivity contribution in [3.8, 4) is 0 Å². The van der Waals surface area contributed by atoms with E-state index >= 15 is 0 Å². The molecule has 0 radical (unpaired) electrons. The Morgan fingerprint density at radius 2 is 1.26 bits per heavy atom. The fourth-order valence-electron chi connectivity index (χ4n) is 1.33. The lowest BCUT2D eigenvalue weighted by atomic mass is 10.4. The molecule has 0 aliphatic carbocycles. The van der Waals surface area contributed by atoms with Crippen LogP contribution in [0.2, 0.25) is 58.9 Å². The standard InChI is InChI=1S/C12H29NO3Si3/c1-17(2,3)13-11(15-18(4,5)6)10-12(14)16-19(7,8)9/h10H2,1-9H3/b13-11-. The molecule has 0 bridgehead atoms. The van der Waals surface area contributed by atoms with E-state index in [-0.39, 0.29) is 12.4 Å². The van der Waals surface area contributed by atoms with Gasteiger partial charge in [0.25, 0.3) is 0 Å². The number of rotatable bonds is 5. The van der Waals surface area contributed by atoms with E-state index in [1.807, 2.05) is 19.6 Å². The van der Waals surface area contributed by atoms with Crippen LogP contribution in [0.5, 0.6) is 0 Å². The molecule has 0 amide bonds. The molecule has 0 aromatic heterocycles. The third kappa shape index (κ3) is 12.4. The van der Waals surface area contributed by atoms with Crippen LogP contribution in [0.15, 0.2) is 4.66 Å². The minimum atomic E-state index is -1.84. The summed E-state index contributed by atoms with van der Waals surface area (Å²) in [6.07, 6.45) is 0.165. The van der Waals surface area contributed by atoms with Crippen molar-refractivity contribution in [3.05, 3.63) is 0 Å². The lowest BCUT2D eigenvalue weighted by Gasteiger charge is -2.24. The van der Waals surface area contributed by atoms with Crippen LogP contribution in [0, 0.1) is 0 Å². The molecule has 0 heterocycles. The van der Waals surface area contributed by atoms with E-state index in [0.717, 1.165) is 0 Å². The summed E-state index contributed by atoms with van der Waals surface area (Å²) in [5, 5.41) is 0. The van der Waals surface area contributed by atoms with Crippen LogP contribution < -0.4 is 0 Å². The van der Waals surface area contributed by atoms with E-state index in [4.69, 9.17) is 8.85 Å². The second-order valence-electron chi connectivity index (χ2n) is 7.65. The van der Waals surface area contributed by atoms with Gasteiger partial charge in [-0.2, -0.15) is 0 Å². The zero-order chi connectivity index (χ0) is 15.5. The fourth-order valence-corrected chi connectivity index (χ4v) is 3.87. The first kappa shape index (κ1) is 18.6. The van der Waals surface area contributed by atoms with Gasteiger partial charge in [-0.25, -0.2) is 0 Å². The zero-order valence-corrected chi connectivity index (χ0v) is 16.9. The summed E-state index contributed by atoms with van der Waals surface area (Å²) in [4.78, 5) is 11.9. The summed E-state index contributed by atoms with van der Waals surface area (Å²) in [6, 6.07) is 0. The van der Waals surface area contributed by atoms with Gasteiger partial charge in [-0.05, 0) is 58.9 Å². The van der Waals surface area contributed by atoms with Crippen molar-refractivity contribution in [1.82, 2.24) is 0 Å². The van der Waals surface area contributed by atoms with Crippen molar-refractivity contribution in [2.45, 2.75) is 65.3 Å². The summed E-state index contributed by atoms with van der Waals surface area (Å²) in [7, 11) is -5.25. The van der Waals surface area contributed by atoms with Crippen molar-refractivity contribution in [3.63, 3.8) is 0 Å². The Morgan fingerprint density at radius 1 is 0.842 bits per heavy atom. The first-order chi connectivity index (χ1) is 8.18. The Morgan fingerprint density at radius 3 is 1.58 bits per heavy atom. The number of carbonyl (C=O) groups is 1. The summed E-state index contributed by atoms with van der Waals surface area (Å²) in [6.45, 7) is 18.7. The third-order valence-electron chi connectivity index (χ3n) is 1.60. The van der Waals surface area contributed by atoms with Crippen LogP contribution in [0.4, 0.5) is 0 Å². The lowest BCUT2D eigenvalue weighted by Crippen LogP contribution is -2.35. The second kappa shape index (κ2) is 6.36. The molecular formula is C12H29NO3Si3. The van der Waals surface area contributed by atoms with Gasteiger partial charge in [-0.15, -0.1) is 0 Å². The molecule has 4 nitrogen and oxygen atoms in total. The molecule has 0 aliphatic rings. The number of hydrogen-bond donors (Lipinski definition) is 0. The summed E-state index contributed by atoms with van der Waals surface area (Å²) in [5.74, 6) is 0.357. The first-order valence-electron chi connectivity index (χ1n) is 6.67. The number of hydrogen-bond acceptors (Lipinski definition) is 4. The molecule has 0 atom stereocenters. The van der Waals surface area contributed by atoms with Gasteiger partial charge in [0, 0.05) is 0 Å². The molecule has 0 saturated heterocycles. The van der Waals surface area contributed by atoms with Crippen LogP contribution in [0.3, 0.4) is 0 Å². The molecule has 0 N–H and O–H groups in total. The fraction of sp³-hybridized carbons (Fsp3) is 0.833. The predicted octanol–water partition coefficient (Wildman–Crippen LogP) is 3.84. The van der Waals surface area contributed by atoms with Gasteiger partial charge in [-0.1, -0.05) is 0 Å². The zero-order valence-electron chi connectivity index (χ0n) is 13.9. The average molecular weight is 320 g/mol. The van der Waals surface area contributed by atoms with E-state index in [2.05, 4.69) is 43.9 Å². The molecule has 0 aliphatic heterocycles. The van der Waals surface area contributed by atoms with Gasteiger partial charge in [0.15, 0.2) is 14.1 Å². The predicted molar refractivity (Wildman–Crippen MR) is 89.3 cm³/mol. The maximum absolute atomic E-state index is 11.9. The molecular weight excluding hydrogens is 290 g/mol. The topological polar surface area (TPSA) is 47.9 Å². The van der Waals surface area contributed by atoms with E-state index in [0.29, 0.717) is 5.90 Å². The molecule has 0 rings (SSSR count). The Bertz CT molecular complexity index is 349. The Kier molecular flexibility index (Phi) is 6.22. The van der Waals surface area contributed by atoms with E-state index in [1.165, 1.54) is 0 Å². The highest BCUT2D eigenvalue weighted by Crippen LogP contribution is 2.12. The average Bonchev–Trinajstić information content (AvgIpc) is 1.90. The normalized spacial score (nSPS) is 14.3. The molecule has 0 aromatic carbocycles. The van der Waals surface area contributed by atoms with Crippen molar-refractivity contribution >= 4 is 36.7 Å². The second-order valence-corrected chi connectivity index (χ2v) is 21.1. The number of nitrogens with zero attached hydrogens (tertiary/aromatic N) is 1. The van der Waals surface area contributed by atoms with Gasteiger partial charge in [0.2, 0.25) is 16.6 Å². The van der Waals surface area contributed by atoms with Crippen LogP contribution >= 0.6 is 0 Å². The van der Waals surface area contributed by atoms with Crippen LogP contribution in [0.1, 0.15) is 6.42 Å². The molecule has 0 unspecified atom stereocenters. The molecule has 19 heavy (non-hydrogen) atoms. The van der Waals surface area contributed by atoms with Crippen molar-refractivity contribution in [1.29, 1.82) is 0 Å². The van der Waals surface area contributed by atoms with E-state index in [1.54, 1.807) is 0 Å². The SMILES string of the molecule is C[Si](C)(C)/N=C(/CC(=O)O[Si](C)(C)C)O[Si](C)(C)C. The molecule has 0 spiro atoms. The smallest absolute Gasteiger partial charge is 0.301 e. The van der Waals surface area contributed by atoms with Crippen molar-refractivity contribution in [2.75, 3.05) is 0 Å². The highest BCUT2D eigenvalue weighted by Gasteiger charge is 2.26. The van der Waals surface area contributed by atoms with Crippen LogP contribution in [-0.2, 0) is 13.6 Å². The van der Waals surface area contributed by atoms with E-state index < -0.39 is 24.9 Å². The maximum atomic E-state index is 11.9. The van der Waals surface area contributed by atoms with Crippen LogP contribution in [0.25, 0.3) is 0 Å². The summed E-state index contributed by atoms with van der Waals surface area (Å²) >= 11 is 0. The molecule has 0 aromatic rings. The lowest BCUT2D eigenvalue weighted by molar-refractivity contribution is -0.133. The third-order valence-corrected chi connectivity index (χ3v) is 4.21.